The molecule has 0 spiro atoms. The number of hydrogen-bond donors (Lipinski definition) is 0. The molecule has 2 nitrogen and oxygen atoms in total. The lowest BCUT2D eigenvalue weighted by Gasteiger charge is -2.32. The van der Waals surface area contributed by atoms with Crippen LogP contribution in [0.1, 0.15) is 33.3 Å². The predicted molar refractivity (Wildman–Crippen MR) is 71.2 cm³/mol. The highest BCUT2D eigenvalue weighted by Crippen LogP contribution is 2.37. The first kappa shape index (κ1) is 13.8. The minimum Gasteiger partial charge on any atom is -0.403 e. The van der Waals surface area contributed by atoms with Crippen LogP contribution in [0.2, 0.25) is 5.02 Å². The molecule has 0 bridgehead atoms. The topological polar surface area (TPSA) is 18.5 Å². The number of halogens is 2. The van der Waals surface area contributed by atoms with Gasteiger partial charge in [0.2, 0.25) is 0 Å². The third-order valence-corrected chi connectivity index (χ3v) is 3.93. The molecule has 0 unspecified atom stereocenters. The molecule has 5 heteroatoms. The molecule has 0 aromatic heterocycles. The van der Waals surface area contributed by atoms with Gasteiger partial charge in [0.25, 0.3) is 0 Å². The van der Waals surface area contributed by atoms with Crippen molar-refractivity contribution in [3.05, 3.63) is 34.6 Å². The van der Waals surface area contributed by atoms with Crippen LogP contribution in [-0.2, 0) is 15.6 Å². The molecule has 0 saturated carbocycles. The van der Waals surface area contributed by atoms with Crippen molar-refractivity contribution >= 4 is 18.7 Å². The average Bonchev–Trinajstić information content (AvgIpc) is 2.41. The molecule has 1 aliphatic rings. The van der Waals surface area contributed by atoms with Crippen LogP contribution in [0.25, 0.3) is 0 Å². The van der Waals surface area contributed by atoms with E-state index in [4.69, 9.17) is 20.9 Å². The van der Waals surface area contributed by atoms with Crippen molar-refractivity contribution in [2.45, 2.75) is 45.2 Å². The standard InChI is InChI=1S/C13H17BClFO2/c1-12(2)13(3,4)18-14(17-12)8-9-7-10(15)5-6-11(9)16/h5-7H,8H2,1-4H3. The van der Waals surface area contributed by atoms with Gasteiger partial charge < -0.3 is 9.31 Å². The predicted octanol–water partition coefficient (Wildman–Crippen LogP) is 3.65. The first-order valence-electron chi connectivity index (χ1n) is 6.01. The first-order chi connectivity index (χ1) is 8.21. The summed E-state index contributed by atoms with van der Waals surface area (Å²) in [6.45, 7) is 7.89. The van der Waals surface area contributed by atoms with Gasteiger partial charge in [0.15, 0.2) is 0 Å². The zero-order chi connectivity index (χ0) is 13.6. The van der Waals surface area contributed by atoms with Gasteiger partial charge in [-0.15, -0.1) is 0 Å². The second kappa shape index (κ2) is 4.51. The molecule has 18 heavy (non-hydrogen) atoms. The summed E-state index contributed by atoms with van der Waals surface area (Å²) in [5.41, 5.74) is -0.277. The monoisotopic (exact) mass is 270 g/mol. The lowest BCUT2D eigenvalue weighted by molar-refractivity contribution is 0.00578. The minimum absolute atomic E-state index is 0.283. The molecule has 0 aliphatic carbocycles. The summed E-state index contributed by atoms with van der Waals surface area (Å²) in [7, 11) is -0.442. The quantitative estimate of drug-likeness (QED) is 0.764. The molecule has 0 N–H and O–H groups in total. The van der Waals surface area contributed by atoms with E-state index in [1.165, 1.54) is 12.1 Å². The van der Waals surface area contributed by atoms with Crippen molar-refractivity contribution in [3.8, 4) is 0 Å². The van der Waals surface area contributed by atoms with Gasteiger partial charge in [-0.25, -0.2) is 4.39 Å². The molecule has 0 radical (unpaired) electrons. The summed E-state index contributed by atoms with van der Waals surface area (Å²) >= 11 is 5.87. The Kier molecular flexibility index (Phi) is 3.47. The van der Waals surface area contributed by atoms with E-state index in [0.29, 0.717) is 16.9 Å². The molecule has 0 amide bonds. The van der Waals surface area contributed by atoms with Crippen LogP contribution < -0.4 is 0 Å². The SMILES string of the molecule is CC1(C)OB(Cc2cc(Cl)ccc2F)OC1(C)C. The molecule has 0 atom stereocenters. The Balaban J connectivity index is 2.15. The van der Waals surface area contributed by atoms with Gasteiger partial charge in [-0.3, -0.25) is 0 Å². The molecule has 1 fully saturated rings. The molecule has 1 heterocycles. The highest BCUT2D eigenvalue weighted by atomic mass is 35.5. The van der Waals surface area contributed by atoms with Gasteiger partial charge in [-0.1, -0.05) is 11.6 Å². The second-order valence-electron chi connectivity index (χ2n) is 5.63. The fourth-order valence-electron chi connectivity index (χ4n) is 1.93. The number of hydrogen-bond acceptors (Lipinski definition) is 2. The van der Waals surface area contributed by atoms with Crippen molar-refractivity contribution in [3.63, 3.8) is 0 Å². The minimum atomic E-state index is -0.442. The zero-order valence-electron chi connectivity index (χ0n) is 11.1. The Morgan fingerprint density at radius 1 is 1.17 bits per heavy atom. The number of benzene rings is 1. The van der Waals surface area contributed by atoms with Gasteiger partial charge in [-0.2, -0.15) is 0 Å². The molecule has 1 aliphatic heterocycles. The molecule has 98 valence electrons. The summed E-state index contributed by atoms with van der Waals surface area (Å²) in [5, 5.41) is 0.517. The van der Waals surface area contributed by atoms with E-state index < -0.39 is 18.3 Å². The lowest BCUT2D eigenvalue weighted by Crippen LogP contribution is -2.41. The Hall–Kier alpha value is -0.575. The van der Waals surface area contributed by atoms with Gasteiger partial charge in [-0.05, 0) is 51.5 Å². The molecular formula is C13H17BClFO2. The smallest absolute Gasteiger partial charge is 0.403 e. The van der Waals surface area contributed by atoms with Crippen LogP contribution in [0.15, 0.2) is 18.2 Å². The Morgan fingerprint density at radius 3 is 2.28 bits per heavy atom. The lowest BCUT2D eigenvalue weighted by atomic mass is 9.80. The maximum absolute atomic E-state index is 13.6. The van der Waals surface area contributed by atoms with E-state index in [1.807, 2.05) is 27.7 Å². The highest BCUT2D eigenvalue weighted by molar-refractivity contribution is 6.45. The van der Waals surface area contributed by atoms with Crippen LogP contribution in [-0.4, -0.2) is 18.3 Å². The molecule has 1 aromatic carbocycles. The van der Waals surface area contributed by atoms with E-state index in [2.05, 4.69) is 0 Å². The first-order valence-corrected chi connectivity index (χ1v) is 6.39. The van der Waals surface area contributed by atoms with Gasteiger partial charge in [0, 0.05) is 11.3 Å². The summed E-state index contributed by atoms with van der Waals surface area (Å²) < 4.78 is 25.3. The van der Waals surface area contributed by atoms with Crippen LogP contribution >= 0.6 is 11.6 Å². The third-order valence-electron chi connectivity index (χ3n) is 3.70. The van der Waals surface area contributed by atoms with Crippen LogP contribution in [0.4, 0.5) is 4.39 Å². The summed E-state index contributed by atoms with van der Waals surface area (Å²) in [4.78, 5) is 0. The second-order valence-corrected chi connectivity index (χ2v) is 6.06. The van der Waals surface area contributed by atoms with E-state index in [0.717, 1.165) is 0 Å². The molecular weight excluding hydrogens is 253 g/mol. The van der Waals surface area contributed by atoms with Crippen LogP contribution in [0.5, 0.6) is 0 Å². The maximum Gasteiger partial charge on any atom is 0.462 e. The Labute approximate surface area is 113 Å². The van der Waals surface area contributed by atoms with Gasteiger partial charge >= 0.3 is 7.12 Å². The van der Waals surface area contributed by atoms with Crippen LogP contribution in [0.3, 0.4) is 0 Å². The fraction of sp³-hybridized carbons (Fsp3) is 0.538. The van der Waals surface area contributed by atoms with E-state index in [-0.39, 0.29) is 5.82 Å². The highest BCUT2D eigenvalue weighted by Gasteiger charge is 2.50. The Morgan fingerprint density at radius 2 is 1.72 bits per heavy atom. The third kappa shape index (κ3) is 2.56. The van der Waals surface area contributed by atoms with Gasteiger partial charge in [0.05, 0.1) is 11.2 Å². The molecule has 2 rings (SSSR count). The molecule has 1 saturated heterocycles. The van der Waals surface area contributed by atoms with Crippen molar-refractivity contribution in [2.24, 2.45) is 0 Å². The largest absolute Gasteiger partial charge is 0.462 e. The normalized spacial score (nSPS) is 21.3. The van der Waals surface area contributed by atoms with Crippen molar-refractivity contribution in [2.75, 3.05) is 0 Å². The van der Waals surface area contributed by atoms with Crippen molar-refractivity contribution < 1.29 is 13.7 Å². The molecule has 1 aromatic rings. The fourth-order valence-corrected chi connectivity index (χ4v) is 2.12. The van der Waals surface area contributed by atoms with E-state index in [1.54, 1.807) is 6.07 Å². The zero-order valence-corrected chi connectivity index (χ0v) is 11.8. The van der Waals surface area contributed by atoms with Gasteiger partial charge in [0.1, 0.15) is 5.82 Å². The Bertz CT molecular complexity index is 446. The summed E-state index contributed by atoms with van der Waals surface area (Å²) in [6, 6.07) is 4.51. The van der Waals surface area contributed by atoms with Crippen molar-refractivity contribution in [1.82, 2.24) is 0 Å². The van der Waals surface area contributed by atoms with Crippen molar-refractivity contribution in [1.29, 1.82) is 0 Å². The van der Waals surface area contributed by atoms with E-state index in [9.17, 15) is 4.39 Å². The summed E-state index contributed by atoms with van der Waals surface area (Å²) in [5.74, 6) is -0.283. The van der Waals surface area contributed by atoms with Crippen LogP contribution in [0, 0.1) is 5.82 Å². The summed E-state index contributed by atoms with van der Waals surface area (Å²) in [6.07, 6.45) is 0.360. The average molecular weight is 271 g/mol. The van der Waals surface area contributed by atoms with E-state index >= 15 is 0 Å². The maximum atomic E-state index is 13.6. The number of rotatable bonds is 2.